The standard InChI is InChI=1S/C18H20N2O3S/c1-2-10-20(17-9-13-24(22,23)14-17)18(21)15-5-7-16(8-6-15)19-11-3-4-12-19/h2-8,11-12,17H,1,9-10,13-14H2/t17-/m1/s1. The minimum Gasteiger partial charge on any atom is -0.331 e. The molecule has 2 aromatic rings. The molecular weight excluding hydrogens is 324 g/mol. The lowest BCUT2D eigenvalue weighted by molar-refractivity contribution is 0.0720. The van der Waals surface area contributed by atoms with E-state index in [1.807, 2.05) is 41.2 Å². The van der Waals surface area contributed by atoms with Gasteiger partial charge in [-0.15, -0.1) is 6.58 Å². The average Bonchev–Trinajstić information content (AvgIpc) is 3.22. The molecule has 1 aliphatic heterocycles. The predicted octanol–water partition coefficient (Wildman–Crippen LogP) is 2.29. The van der Waals surface area contributed by atoms with Crippen LogP contribution in [0.15, 0.2) is 61.4 Å². The van der Waals surface area contributed by atoms with Gasteiger partial charge in [0, 0.05) is 36.2 Å². The van der Waals surface area contributed by atoms with Gasteiger partial charge in [0.1, 0.15) is 0 Å². The van der Waals surface area contributed by atoms with Gasteiger partial charge in [-0.1, -0.05) is 6.08 Å². The molecule has 1 aromatic carbocycles. The Balaban J connectivity index is 1.81. The van der Waals surface area contributed by atoms with Crippen molar-refractivity contribution >= 4 is 15.7 Å². The molecule has 0 saturated carbocycles. The molecule has 6 heteroatoms. The second kappa shape index (κ2) is 6.65. The van der Waals surface area contributed by atoms with Gasteiger partial charge in [0.15, 0.2) is 9.84 Å². The normalized spacial score (nSPS) is 19.1. The third kappa shape index (κ3) is 3.43. The first-order valence-electron chi connectivity index (χ1n) is 7.86. The monoisotopic (exact) mass is 344 g/mol. The fraction of sp³-hybridized carbons (Fsp3) is 0.278. The van der Waals surface area contributed by atoms with Crippen LogP contribution < -0.4 is 0 Å². The highest BCUT2D eigenvalue weighted by molar-refractivity contribution is 7.91. The lowest BCUT2D eigenvalue weighted by Crippen LogP contribution is -2.41. The molecule has 1 aromatic heterocycles. The molecule has 1 atom stereocenters. The zero-order chi connectivity index (χ0) is 17.2. The number of nitrogens with zero attached hydrogens (tertiary/aromatic N) is 2. The molecule has 1 aliphatic rings. The van der Waals surface area contributed by atoms with E-state index in [0.717, 1.165) is 5.69 Å². The Bertz CT molecular complexity index is 824. The molecular formula is C18H20N2O3S. The topological polar surface area (TPSA) is 59.4 Å². The molecule has 2 heterocycles. The van der Waals surface area contributed by atoms with Gasteiger partial charge in [0.05, 0.1) is 11.5 Å². The summed E-state index contributed by atoms with van der Waals surface area (Å²) in [5.41, 5.74) is 1.52. The summed E-state index contributed by atoms with van der Waals surface area (Å²) < 4.78 is 25.4. The highest BCUT2D eigenvalue weighted by atomic mass is 32.2. The van der Waals surface area contributed by atoms with E-state index in [9.17, 15) is 13.2 Å². The van der Waals surface area contributed by atoms with Crippen molar-refractivity contribution < 1.29 is 13.2 Å². The summed E-state index contributed by atoms with van der Waals surface area (Å²) in [6.45, 7) is 4.03. The molecule has 0 unspecified atom stereocenters. The maximum atomic E-state index is 12.8. The van der Waals surface area contributed by atoms with E-state index in [-0.39, 0.29) is 23.5 Å². The molecule has 3 rings (SSSR count). The Morgan fingerprint density at radius 2 is 1.92 bits per heavy atom. The smallest absolute Gasteiger partial charge is 0.254 e. The molecule has 1 saturated heterocycles. The maximum Gasteiger partial charge on any atom is 0.254 e. The number of sulfone groups is 1. The Kier molecular flexibility index (Phi) is 4.57. The first-order chi connectivity index (χ1) is 11.5. The molecule has 126 valence electrons. The maximum absolute atomic E-state index is 12.8. The number of amides is 1. The van der Waals surface area contributed by atoms with Gasteiger partial charge < -0.3 is 9.47 Å². The molecule has 0 bridgehead atoms. The summed E-state index contributed by atoms with van der Waals surface area (Å²) in [4.78, 5) is 14.4. The summed E-state index contributed by atoms with van der Waals surface area (Å²) in [5, 5.41) is 0. The van der Waals surface area contributed by atoms with Crippen molar-refractivity contribution in [3.05, 3.63) is 67.0 Å². The molecule has 5 nitrogen and oxygen atoms in total. The van der Waals surface area contributed by atoms with Gasteiger partial charge in [0.25, 0.3) is 5.91 Å². The van der Waals surface area contributed by atoms with Gasteiger partial charge in [0.2, 0.25) is 0 Å². The van der Waals surface area contributed by atoms with Crippen LogP contribution in [0.3, 0.4) is 0 Å². The highest BCUT2D eigenvalue weighted by Gasteiger charge is 2.34. The summed E-state index contributed by atoms with van der Waals surface area (Å²) in [6, 6.07) is 10.9. The van der Waals surface area contributed by atoms with Crippen LogP contribution >= 0.6 is 0 Å². The predicted molar refractivity (Wildman–Crippen MR) is 94.1 cm³/mol. The third-order valence-electron chi connectivity index (χ3n) is 4.25. The fourth-order valence-corrected chi connectivity index (χ4v) is 4.74. The second-order valence-electron chi connectivity index (χ2n) is 5.94. The fourth-order valence-electron chi connectivity index (χ4n) is 3.01. The molecule has 0 spiro atoms. The number of hydrogen-bond donors (Lipinski definition) is 0. The number of carbonyl (C=O) groups is 1. The quantitative estimate of drug-likeness (QED) is 0.782. The van der Waals surface area contributed by atoms with Crippen LogP contribution in [-0.4, -0.2) is 47.9 Å². The Morgan fingerprint density at radius 3 is 2.46 bits per heavy atom. The van der Waals surface area contributed by atoms with Crippen molar-refractivity contribution in [3.63, 3.8) is 0 Å². The van der Waals surface area contributed by atoms with Crippen LogP contribution in [0, 0.1) is 0 Å². The van der Waals surface area contributed by atoms with E-state index in [0.29, 0.717) is 18.5 Å². The Morgan fingerprint density at radius 1 is 1.25 bits per heavy atom. The van der Waals surface area contributed by atoms with Crippen LogP contribution in [0.4, 0.5) is 0 Å². The van der Waals surface area contributed by atoms with Crippen LogP contribution in [-0.2, 0) is 9.84 Å². The first kappa shape index (κ1) is 16.5. The third-order valence-corrected chi connectivity index (χ3v) is 6.00. The van der Waals surface area contributed by atoms with Gasteiger partial charge in [-0.2, -0.15) is 0 Å². The zero-order valence-electron chi connectivity index (χ0n) is 13.3. The van der Waals surface area contributed by atoms with Crippen LogP contribution in [0.5, 0.6) is 0 Å². The van der Waals surface area contributed by atoms with Gasteiger partial charge in [-0.3, -0.25) is 4.79 Å². The van der Waals surface area contributed by atoms with E-state index in [2.05, 4.69) is 6.58 Å². The lowest BCUT2D eigenvalue weighted by atomic mass is 10.1. The van der Waals surface area contributed by atoms with Crippen molar-refractivity contribution in [3.8, 4) is 5.69 Å². The number of benzene rings is 1. The van der Waals surface area contributed by atoms with E-state index in [1.165, 1.54) is 0 Å². The molecule has 1 fully saturated rings. The number of aromatic nitrogens is 1. The molecule has 24 heavy (non-hydrogen) atoms. The first-order valence-corrected chi connectivity index (χ1v) is 9.68. The SMILES string of the molecule is C=CCN(C(=O)c1ccc(-n2cccc2)cc1)[C@@H]1CCS(=O)(=O)C1. The minimum absolute atomic E-state index is 0.0357. The average molecular weight is 344 g/mol. The lowest BCUT2D eigenvalue weighted by Gasteiger charge is -2.27. The molecule has 0 radical (unpaired) electrons. The van der Waals surface area contributed by atoms with Crippen molar-refractivity contribution in [2.75, 3.05) is 18.1 Å². The van der Waals surface area contributed by atoms with Gasteiger partial charge in [-0.05, 0) is 42.8 Å². The highest BCUT2D eigenvalue weighted by Crippen LogP contribution is 2.20. The summed E-state index contributed by atoms with van der Waals surface area (Å²) in [5.74, 6) is 0.0233. The van der Waals surface area contributed by atoms with Gasteiger partial charge >= 0.3 is 0 Å². The van der Waals surface area contributed by atoms with Crippen molar-refractivity contribution in [1.29, 1.82) is 0 Å². The Hall–Kier alpha value is -2.34. The van der Waals surface area contributed by atoms with E-state index in [1.54, 1.807) is 23.1 Å². The van der Waals surface area contributed by atoms with E-state index < -0.39 is 9.84 Å². The summed E-state index contributed by atoms with van der Waals surface area (Å²) in [7, 11) is -3.04. The van der Waals surface area contributed by atoms with Crippen molar-refractivity contribution in [1.82, 2.24) is 9.47 Å². The molecule has 0 aliphatic carbocycles. The summed E-state index contributed by atoms with van der Waals surface area (Å²) >= 11 is 0. The van der Waals surface area contributed by atoms with Crippen molar-refractivity contribution in [2.24, 2.45) is 0 Å². The largest absolute Gasteiger partial charge is 0.331 e. The number of carbonyl (C=O) groups excluding carboxylic acids is 1. The zero-order valence-corrected chi connectivity index (χ0v) is 14.2. The molecule has 1 amide bonds. The minimum atomic E-state index is -3.04. The van der Waals surface area contributed by atoms with Crippen LogP contribution in [0.25, 0.3) is 5.69 Å². The summed E-state index contributed by atoms with van der Waals surface area (Å²) in [6.07, 6.45) is 5.99. The van der Waals surface area contributed by atoms with Crippen molar-refractivity contribution in [2.45, 2.75) is 12.5 Å². The van der Waals surface area contributed by atoms with Crippen LogP contribution in [0.1, 0.15) is 16.8 Å². The number of rotatable bonds is 5. The number of hydrogen-bond acceptors (Lipinski definition) is 3. The second-order valence-corrected chi connectivity index (χ2v) is 8.17. The Labute approximate surface area is 142 Å². The van der Waals surface area contributed by atoms with E-state index >= 15 is 0 Å². The van der Waals surface area contributed by atoms with E-state index in [4.69, 9.17) is 0 Å². The van der Waals surface area contributed by atoms with Crippen LogP contribution in [0.2, 0.25) is 0 Å². The van der Waals surface area contributed by atoms with Gasteiger partial charge in [-0.25, -0.2) is 8.42 Å². The molecule has 0 N–H and O–H groups in total.